The summed E-state index contributed by atoms with van der Waals surface area (Å²) in [4.78, 5) is 0.187. The third kappa shape index (κ3) is 4.59. The summed E-state index contributed by atoms with van der Waals surface area (Å²) < 4.78 is 26.1. The highest BCUT2D eigenvalue weighted by Crippen LogP contribution is 2.24. The van der Waals surface area contributed by atoms with Gasteiger partial charge in [0.25, 0.3) is 0 Å². The van der Waals surface area contributed by atoms with Crippen LogP contribution in [-0.4, -0.2) is 33.5 Å². The molecule has 0 saturated heterocycles. The molecule has 1 aromatic carbocycles. The van der Waals surface area contributed by atoms with Gasteiger partial charge in [-0.2, -0.15) is 11.8 Å². The van der Waals surface area contributed by atoms with E-state index in [0.717, 1.165) is 13.0 Å². The third-order valence-corrected chi connectivity index (χ3v) is 5.33. The van der Waals surface area contributed by atoms with Gasteiger partial charge in [-0.15, -0.1) is 0 Å². The fourth-order valence-electron chi connectivity index (χ4n) is 1.55. The lowest BCUT2D eigenvalue weighted by atomic mass is 10.2. The molecular weight excluding hydrogens is 282 g/mol. The quantitative estimate of drug-likeness (QED) is 0.668. The van der Waals surface area contributed by atoms with Crippen molar-refractivity contribution < 1.29 is 8.42 Å². The maximum Gasteiger partial charge on any atom is 0.242 e. The molecule has 1 atom stereocenters. The monoisotopic (exact) mass is 303 g/mol. The average Bonchev–Trinajstić information content (AvgIpc) is 2.40. The molecule has 4 N–H and O–H groups in total. The first-order valence-electron chi connectivity index (χ1n) is 6.00. The second kappa shape index (κ2) is 7.02. The van der Waals surface area contributed by atoms with Crippen molar-refractivity contribution in [3.05, 3.63) is 18.2 Å². The van der Waals surface area contributed by atoms with E-state index < -0.39 is 10.0 Å². The van der Waals surface area contributed by atoms with Crippen LogP contribution in [0.4, 0.5) is 11.4 Å². The maximum absolute atomic E-state index is 11.9. The molecule has 19 heavy (non-hydrogen) atoms. The lowest BCUT2D eigenvalue weighted by Gasteiger charge is -2.14. The Hall–Kier alpha value is -0.920. The molecule has 108 valence electrons. The van der Waals surface area contributed by atoms with E-state index in [1.54, 1.807) is 23.9 Å². The van der Waals surface area contributed by atoms with E-state index in [4.69, 9.17) is 5.73 Å². The standard InChI is InChI=1S/C12H21N3O2S2/c1-9(18-3)6-7-15-11-5-4-10(13)8-12(11)19(16,17)14-2/h4-5,8-9,14-15H,6-7,13H2,1-3H3. The van der Waals surface area contributed by atoms with Crippen LogP contribution in [0.15, 0.2) is 23.1 Å². The van der Waals surface area contributed by atoms with E-state index >= 15 is 0 Å². The van der Waals surface area contributed by atoms with E-state index in [1.807, 2.05) is 0 Å². The molecule has 1 aromatic rings. The molecule has 0 amide bonds. The first kappa shape index (κ1) is 16.1. The molecule has 0 aliphatic rings. The van der Waals surface area contributed by atoms with E-state index in [9.17, 15) is 8.42 Å². The van der Waals surface area contributed by atoms with Gasteiger partial charge < -0.3 is 11.1 Å². The van der Waals surface area contributed by atoms with Crippen LogP contribution in [0.25, 0.3) is 0 Å². The SMILES string of the molecule is CNS(=O)(=O)c1cc(N)ccc1NCCC(C)SC. The van der Waals surface area contributed by atoms with Gasteiger partial charge in [0.2, 0.25) is 10.0 Å². The number of sulfonamides is 1. The van der Waals surface area contributed by atoms with Crippen LogP contribution < -0.4 is 15.8 Å². The van der Waals surface area contributed by atoms with Gasteiger partial charge >= 0.3 is 0 Å². The minimum absolute atomic E-state index is 0.187. The summed E-state index contributed by atoms with van der Waals surface area (Å²) in [7, 11) is -2.12. The molecule has 7 heteroatoms. The first-order chi connectivity index (χ1) is 8.90. The topological polar surface area (TPSA) is 84.2 Å². The van der Waals surface area contributed by atoms with Crippen molar-refractivity contribution in [1.29, 1.82) is 0 Å². The van der Waals surface area contributed by atoms with Crippen molar-refractivity contribution in [2.75, 3.05) is 30.9 Å². The van der Waals surface area contributed by atoms with Gasteiger partial charge in [0.1, 0.15) is 4.90 Å². The number of hydrogen-bond donors (Lipinski definition) is 3. The molecule has 0 aromatic heterocycles. The van der Waals surface area contributed by atoms with Gasteiger partial charge in [-0.1, -0.05) is 6.92 Å². The fourth-order valence-corrected chi connectivity index (χ4v) is 2.84. The smallest absolute Gasteiger partial charge is 0.242 e. The van der Waals surface area contributed by atoms with Crippen molar-refractivity contribution in [3.63, 3.8) is 0 Å². The van der Waals surface area contributed by atoms with Gasteiger partial charge in [-0.05, 0) is 37.9 Å². The minimum Gasteiger partial charge on any atom is -0.399 e. The molecule has 0 spiro atoms. The number of thioether (sulfide) groups is 1. The highest BCUT2D eigenvalue weighted by atomic mass is 32.2. The van der Waals surface area contributed by atoms with E-state index in [2.05, 4.69) is 23.2 Å². The van der Waals surface area contributed by atoms with Crippen LogP contribution in [0, 0.1) is 0 Å². The predicted octanol–water partition coefficient (Wildman–Crippen LogP) is 1.73. The Labute approximate surface area is 119 Å². The van der Waals surface area contributed by atoms with Gasteiger partial charge in [-0.25, -0.2) is 13.1 Å². The molecule has 0 saturated carbocycles. The Morgan fingerprint density at radius 2 is 2.11 bits per heavy atom. The number of rotatable bonds is 7. The first-order valence-corrected chi connectivity index (χ1v) is 8.77. The van der Waals surface area contributed by atoms with Crippen molar-refractivity contribution >= 4 is 33.2 Å². The molecule has 0 bridgehead atoms. The van der Waals surface area contributed by atoms with Crippen molar-refractivity contribution in [2.24, 2.45) is 0 Å². The lowest BCUT2D eigenvalue weighted by Crippen LogP contribution is -2.21. The molecule has 1 unspecified atom stereocenters. The molecule has 0 aliphatic carbocycles. The van der Waals surface area contributed by atoms with E-state index in [-0.39, 0.29) is 4.90 Å². The maximum atomic E-state index is 11.9. The second-order valence-corrected chi connectivity index (χ2v) is 7.36. The Morgan fingerprint density at radius 1 is 1.42 bits per heavy atom. The number of nitrogens with one attached hydrogen (secondary N) is 2. The normalized spacial score (nSPS) is 13.2. The fraction of sp³-hybridized carbons (Fsp3) is 0.500. The van der Waals surface area contributed by atoms with Gasteiger partial charge in [-0.3, -0.25) is 0 Å². The number of benzene rings is 1. The largest absolute Gasteiger partial charge is 0.399 e. The summed E-state index contributed by atoms with van der Waals surface area (Å²) in [5, 5.41) is 3.69. The van der Waals surface area contributed by atoms with Gasteiger partial charge in [0, 0.05) is 17.5 Å². The number of anilines is 2. The number of nitrogens with two attached hydrogens (primary N) is 1. The highest BCUT2D eigenvalue weighted by Gasteiger charge is 2.16. The van der Waals surface area contributed by atoms with Gasteiger partial charge in [0.05, 0.1) is 5.69 Å². The predicted molar refractivity (Wildman–Crippen MR) is 83.2 cm³/mol. The van der Waals surface area contributed by atoms with Crippen molar-refractivity contribution in [3.8, 4) is 0 Å². The van der Waals surface area contributed by atoms with E-state index in [1.165, 1.54) is 13.1 Å². The second-order valence-electron chi connectivity index (χ2n) is 4.22. The molecule has 5 nitrogen and oxygen atoms in total. The summed E-state index contributed by atoms with van der Waals surface area (Å²) >= 11 is 1.79. The van der Waals surface area contributed by atoms with Crippen molar-refractivity contribution in [2.45, 2.75) is 23.5 Å². The number of hydrogen-bond acceptors (Lipinski definition) is 5. The summed E-state index contributed by atoms with van der Waals surface area (Å²) in [6.45, 7) is 2.86. The number of nitrogen functional groups attached to an aromatic ring is 1. The summed E-state index contributed by atoms with van der Waals surface area (Å²) in [5.41, 5.74) is 6.66. The average molecular weight is 303 g/mol. The summed E-state index contributed by atoms with van der Waals surface area (Å²) in [6.07, 6.45) is 3.02. The highest BCUT2D eigenvalue weighted by molar-refractivity contribution is 7.99. The Morgan fingerprint density at radius 3 is 2.68 bits per heavy atom. The third-order valence-electron chi connectivity index (χ3n) is 2.83. The molecule has 0 aliphatic heterocycles. The zero-order chi connectivity index (χ0) is 14.5. The van der Waals surface area contributed by atoms with Crippen LogP contribution >= 0.6 is 11.8 Å². The lowest BCUT2D eigenvalue weighted by molar-refractivity contribution is 0.588. The van der Waals surface area contributed by atoms with Crippen LogP contribution in [-0.2, 0) is 10.0 Å². The Kier molecular flexibility index (Phi) is 5.96. The van der Waals surface area contributed by atoms with Crippen LogP contribution in [0.2, 0.25) is 0 Å². The molecule has 0 radical (unpaired) electrons. The van der Waals surface area contributed by atoms with Gasteiger partial charge in [0.15, 0.2) is 0 Å². The molecular formula is C12H21N3O2S2. The Balaban J connectivity index is 2.89. The minimum atomic E-state index is -3.51. The van der Waals surface area contributed by atoms with Crippen LogP contribution in [0.1, 0.15) is 13.3 Å². The molecule has 0 heterocycles. The van der Waals surface area contributed by atoms with Crippen LogP contribution in [0.5, 0.6) is 0 Å². The molecule has 1 rings (SSSR count). The Bertz CT molecular complexity index is 518. The summed E-state index contributed by atoms with van der Waals surface area (Å²) in [5.74, 6) is 0. The molecule has 0 fully saturated rings. The zero-order valence-corrected chi connectivity index (χ0v) is 13.1. The summed E-state index contributed by atoms with van der Waals surface area (Å²) in [6, 6.07) is 4.85. The van der Waals surface area contributed by atoms with Crippen molar-refractivity contribution in [1.82, 2.24) is 4.72 Å². The van der Waals surface area contributed by atoms with E-state index in [0.29, 0.717) is 16.6 Å². The van der Waals surface area contributed by atoms with Crippen LogP contribution in [0.3, 0.4) is 0 Å². The zero-order valence-electron chi connectivity index (χ0n) is 11.4.